The summed E-state index contributed by atoms with van der Waals surface area (Å²) in [6.07, 6.45) is 16.4. The Morgan fingerprint density at radius 1 is 0.438 bits per heavy atom. The van der Waals surface area contributed by atoms with Gasteiger partial charge in [0, 0.05) is 101 Å². The van der Waals surface area contributed by atoms with Crippen molar-refractivity contribution >= 4 is 98.9 Å². The molecular formula is C106H98Cl3N11O8. The molecule has 646 valence electrons. The van der Waals surface area contributed by atoms with E-state index < -0.39 is 0 Å². The molecule has 0 unspecified atom stereocenters. The van der Waals surface area contributed by atoms with Gasteiger partial charge in [-0.2, -0.15) is 10.5 Å². The number of aryl methyl sites for hydroxylation is 4. The number of carbonyl (C=O) groups is 5. The highest BCUT2D eigenvalue weighted by Gasteiger charge is 2.20. The lowest BCUT2D eigenvalue weighted by Gasteiger charge is -2.11. The first kappa shape index (κ1) is 94.0. The Hall–Kier alpha value is -14.7. The highest BCUT2D eigenvalue weighted by atomic mass is 35.5. The van der Waals surface area contributed by atoms with E-state index in [9.17, 15) is 34.5 Å². The molecule has 11 aromatic carbocycles. The molecule has 0 amide bonds. The molecule has 17 rings (SSSR count). The van der Waals surface area contributed by atoms with Crippen LogP contribution in [0, 0.1) is 29.6 Å². The maximum absolute atomic E-state index is 11.5. The fraction of sp³-hybridized carbons (Fsp3) is 0.170. The summed E-state index contributed by atoms with van der Waals surface area (Å²) in [5, 5.41) is 22.7. The molecule has 0 saturated heterocycles. The number of aromatic amines is 3. The first-order chi connectivity index (χ1) is 62.6. The number of nitrogens with one attached hydrogen (secondary N) is 3. The highest BCUT2D eigenvalue weighted by molar-refractivity contribution is 6.32. The van der Waals surface area contributed by atoms with E-state index in [0.29, 0.717) is 64.8 Å². The summed E-state index contributed by atoms with van der Waals surface area (Å²) >= 11 is 17.9. The molecule has 0 radical (unpaired) electrons. The number of nitriles is 2. The fourth-order valence-electron chi connectivity index (χ4n) is 14.1. The molecule has 0 aliphatic rings. The van der Waals surface area contributed by atoms with Gasteiger partial charge in [-0.25, -0.2) is 15.0 Å². The number of ether oxygens (including phenoxy) is 3. The lowest BCUT2D eigenvalue weighted by atomic mass is 9.99. The lowest BCUT2D eigenvalue weighted by Crippen LogP contribution is -2.08. The van der Waals surface area contributed by atoms with Gasteiger partial charge >= 0.3 is 0 Å². The van der Waals surface area contributed by atoms with Crippen LogP contribution in [0.25, 0.3) is 66.2 Å². The summed E-state index contributed by atoms with van der Waals surface area (Å²) in [5.41, 5.74) is 17.7. The molecule has 0 fully saturated rings. The van der Waals surface area contributed by atoms with Crippen LogP contribution in [-0.2, 0) is 38.9 Å². The number of benzene rings is 11. The van der Waals surface area contributed by atoms with Gasteiger partial charge in [-0.1, -0.05) is 293 Å². The zero-order valence-corrected chi connectivity index (χ0v) is 74.3. The minimum absolute atomic E-state index is 0.260. The number of methoxy groups -OCH3 is 2. The molecular weight excluding hydrogens is 1660 g/mol. The number of imidazole rings is 3. The minimum atomic E-state index is 0.260. The molecule has 6 heterocycles. The predicted molar refractivity (Wildman–Crippen MR) is 513 cm³/mol. The lowest BCUT2D eigenvalue weighted by molar-refractivity contribution is 0.110. The molecule has 128 heavy (non-hydrogen) atoms. The predicted octanol–water partition coefficient (Wildman–Crippen LogP) is 25.9. The highest BCUT2D eigenvalue weighted by Crippen LogP contribution is 2.37. The third-order valence-corrected chi connectivity index (χ3v) is 21.7. The molecule has 17 aromatic rings. The Kier molecular flexibility index (Phi) is 35.6. The van der Waals surface area contributed by atoms with Crippen molar-refractivity contribution in [3.63, 3.8) is 0 Å². The van der Waals surface area contributed by atoms with Crippen molar-refractivity contribution in [1.82, 2.24) is 43.6 Å². The molecule has 6 aromatic heterocycles. The summed E-state index contributed by atoms with van der Waals surface area (Å²) in [6, 6.07) is 95.1. The van der Waals surface area contributed by atoms with Gasteiger partial charge in [0.05, 0.1) is 43.2 Å². The fourth-order valence-corrected chi connectivity index (χ4v) is 14.8. The zero-order chi connectivity index (χ0) is 90.5. The van der Waals surface area contributed by atoms with E-state index in [1.54, 1.807) is 14.2 Å². The number of aldehydes is 5. The molecule has 0 bridgehead atoms. The number of H-pyrrole nitrogens is 3. The summed E-state index contributed by atoms with van der Waals surface area (Å²) in [6.45, 7) is 10.1. The third kappa shape index (κ3) is 25.3. The van der Waals surface area contributed by atoms with E-state index in [1.165, 1.54) is 5.56 Å². The average molecular weight is 1760 g/mol. The second-order valence-corrected chi connectivity index (χ2v) is 30.7. The molecule has 0 spiro atoms. The normalized spacial score (nSPS) is 10.4. The number of aromatic nitrogens is 9. The molecule has 3 N–H and O–H groups in total. The molecule has 0 aliphatic carbocycles. The van der Waals surface area contributed by atoms with Crippen LogP contribution < -0.4 is 14.2 Å². The number of hydrogen-bond acceptors (Lipinski definition) is 13. The van der Waals surface area contributed by atoms with Crippen molar-refractivity contribution in [2.24, 2.45) is 0 Å². The van der Waals surface area contributed by atoms with Gasteiger partial charge in [0.1, 0.15) is 63.2 Å². The first-order valence-electron chi connectivity index (χ1n) is 42.0. The van der Waals surface area contributed by atoms with E-state index in [4.69, 9.17) is 49.0 Å². The smallest absolute Gasteiger partial charge is 0.171 e. The third-order valence-electron chi connectivity index (χ3n) is 20.8. The Morgan fingerprint density at radius 3 is 1.42 bits per heavy atom. The van der Waals surface area contributed by atoms with Crippen molar-refractivity contribution in [3.05, 3.63) is 386 Å². The van der Waals surface area contributed by atoms with Gasteiger partial charge in [0.15, 0.2) is 41.2 Å². The van der Waals surface area contributed by atoms with Crippen molar-refractivity contribution in [2.45, 2.75) is 105 Å². The van der Waals surface area contributed by atoms with Gasteiger partial charge in [-0.05, 0) is 132 Å². The van der Waals surface area contributed by atoms with Crippen LogP contribution in [-0.4, -0.2) is 89.3 Å². The number of unbranched alkanes of at least 4 members (excludes halogenated alkanes) is 3. The summed E-state index contributed by atoms with van der Waals surface area (Å²) in [7, 11) is 3.39. The maximum Gasteiger partial charge on any atom is 0.171 e. The monoisotopic (exact) mass is 1760 g/mol. The molecule has 0 atom stereocenters. The number of hydrogen-bond donors (Lipinski definition) is 3. The number of halogens is 3. The molecule has 0 aliphatic heterocycles. The topological polar surface area (TPSA) is 261 Å². The summed E-state index contributed by atoms with van der Waals surface area (Å²) in [5.74, 6) is 5.86. The van der Waals surface area contributed by atoms with Crippen LogP contribution in [0.2, 0.25) is 15.5 Å². The number of para-hydroxylation sites is 4. The van der Waals surface area contributed by atoms with Crippen LogP contribution in [0.4, 0.5) is 0 Å². The van der Waals surface area contributed by atoms with Crippen LogP contribution in [0.1, 0.15) is 162 Å². The van der Waals surface area contributed by atoms with E-state index in [-0.39, 0.29) is 10.3 Å². The van der Waals surface area contributed by atoms with Gasteiger partial charge in [-0.15, -0.1) is 0 Å². The number of nitrogens with zero attached hydrogens (tertiary/aromatic N) is 8. The molecule has 0 saturated carbocycles. The van der Waals surface area contributed by atoms with Gasteiger partial charge in [-0.3, -0.25) is 24.0 Å². The molecule has 22 heteroatoms. The first-order valence-corrected chi connectivity index (χ1v) is 43.2. The standard InChI is InChI=1S/C23H16N2O.C22H20ClN3O.C21H21ClN2O2.C15H13NO.C9H9NO.C8H11ClN2O.C8H8O/c24-13-19-5-1-2-6-21(19)18-11-9-17(10-12-18)14-25-15-20(16-26)22-7-3-4-8-23(22)25;1-2-3-8-21-25-22(23)20(15-27)26(21)14-16-9-11-17(12-10-16)19-7-5-4-6-18(19)13-24;1-2-3-9-20-23-21(22)19(15-25)24(20)14-16-10-12-18(13-11-16)26-17-7-5-4-6-8-17;1-17-15-12-9-5-6-10-13(12)16-14(15)11-7-3-2-4-8-11;1-11-9-6-10-8-5-3-2-4-7(8)9;1-2-3-4-7-10-6(5-12)8(9)11-7;1-7-2-4-8(6-9)5-3-7/h1-12,15-16H,14H2;4-7,9-12,15H,2-3,8,14H2,1H3;4-8,10-13,15H,2-3,9,14H2,1H3;2-10,16H,1H3;2-6,10H,1H3;5H,2-4H2,1H3,(H,10,11);2-6H,1H3. The van der Waals surface area contributed by atoms with Gasteiger partial charge in [0.25, 0.3) is 0 Å². The van der Waals surface area contributed by atoms with Crippen molar-refractivity contribution in [3.8, 4) is 68.6 Å². The van der Waals surface area contributed by atoms with Crippen LogP contribution in [0.15, 0.2) is 291 Å². The van der Waals surface area contributed by atoms with Gasteiger partial charge in [0.2, 0.25) is 0 Å². The van der Waals surface area contributed by atoms with Crippen molar-refractivity contribution in [2.75, 3.05) is 14.2 Å². The zero-order valence-electron chi connectivity index (χ0n) is 72.1. The van der Waals surface area contributed by atoms with Crippen LogP contribution in [0.3, 0.4) is 0 Å². The Bertz CT molecular complexity index is 6560. The van der Waals surface area contributed by atoms with Crippen molar-refractivity contribution < 1.29 is 38.2 Å². The SMILES string of the molecule is CCCCc1nc(C=O)c(Cl)[nH]1.CCCCc1nc(Cl)c(C=O)n1Cc1ccc(-c2ccccc2C#N)cc1.CCCCc1nc(Cl)c(C=O)n1Cc1ccc(Oc2ccccc2)cc1.COc1c(-c2ccccc2)[nH]c2ccccc12.COc1c[nH]c2ccccc12.Cc1ccc(C=O)cc1.N#Cc1ccccc1-c1ccc(Cn2cc(C=O)c3ccccc32)cc1. The summed E-state index contributed by atoms with van der Waals surface area (Å²) < 4.78 is 22.4. The van der Waals surface area contributed by atoms with E-state index >= 15 is 0 Å². The molecule has 19 nitrogen and oxygen atoms in total. The number of carbonyl (C=O) groups excluding carboxylic acids is 5. The summed E-state index contributed by atoms with van der Waals surface area (Å²) in [4.78, 5) is 76.8. The number of fused-ring (bicyclic) bond motifs is 3. The number of rotatable bonds is 27. The Labute approximate surface area is 760 Å². The maximum atomic E-state index is 11.5. The van der Waals surface area contributed by atoms with Crippen LogP contribution >= 0.6 is 34.8 Å². The van der Waals surface area contributed by atoms with Gasteiger partial charge < -0.3 is 42.9 Å². The Balaban J connectivity index is 0.000000149. The van der Waals surface area contributed by atoms with E-state index in [0.717, 1.165) is 212 Å². The quantitative estimate of drug-likeness (QED) is 0.0405. The largest absolute Gasteiger partial charge is 0.495 e. The van der Waals surface area contributed by atoms with E-state index in [1.807, 2.05) is 271 Å². The minimum Gasteiger partial charge on any atom is -0.495 e. The van der Waals surface area contributed by atoms with E-state index in [2.05, 4.69) is 104 Å². The second-order valence-electron chi connectivity index (χ2n) is 29.6. The Morgan fingerprint density at radius 2 is 0.914 bits per heavy atom. The second kappa shape index (κ2) is 48.5. The van der Waals surface area contributed by atoms with Crippen LogP contribution in [0.5, 0.6) is 23.0 Å². The van der Waals surface area contributed by atoms with Crippen molar-refractivity contribution in [1.29, 1.82) is 10.5 Å². The average Bonchev–Trinajstić information content (AvgIpc) is 1.64.